The minimum atomic E-state index is -4.42. The van der Waals surface area contributed by atoms with Crippen molar-refractivity contribution >= 4 is 17.3 Å². The number of hydrogen-bond acceptors (Lipinski definition) is 3. The molecule has 0 radical (unpaired) electrons. The number of rotatable bonds is 2. The maximum absolute atomic E-state index is 12.6. The van der Waals surface area contributed by atoms with E-state index in [1.54, 1.807) is 4.90 Å². The lowest BCUT2D eigenvalue weighted by atomic mass is 10.1. The van der Waals surface area contributed by atoms with E-state index in [4.69, 9.17) is 5.73 Å². The van der Waals surface area contributed by atoms with Gasteiger partial charge < -0.3 is 16.0 Å². The van der Waals surface area contributed by atoms with Crippen molar-refractivity contribution in [1.82, 2.24) is 5.32 Å². The SMILES string of the molecule is CCC1C(=O)NCCN1c1ccc(C(F)(F)F)cc1N. The van der Waals surface area contributed by atoms with Gasteiger partial charge in [-0.25, -0.2) is 0 Å². The second-order valence-corrected chi connectivity index (χ2v) is 4.68. The van der Waals surface area contributed by atoms with Crippen molar-refractivity contribution < 1.29 is 18.0 Å². The van der Waals surface area contributed by atoms with Crippen LogP contribution < -0.4 is 16.0 Å². The lowest BCUT2D eigenvalue weighted by Gasteiger charge is -2.37. The highest BCUT2D eigenvalue weighted by atomic mass is 19.4. The van der Waals surface area contributed by atoms with E-state index in [0.717, 1.165) is 12.1 Å². The number of anilines is 2. The first-order chi connectivity index (χ1) is 9.34. The van der Waals surface area contributed by atoms with E-state index in [2.05, 4.69) is 5.32 Å². The number of benzene rings is 1. The summed E-state index contributed by atoms with van der Waals surface area (Å²) in [5.74, 6) is -0.127. The van der Waals surface area contributed by atoms with E-state index in [1.807, 2.05) is 6.92 Å². The molecule has 4 nitrogen and oxygen atoms in total. The summed E-state index contributed by atoms with van der Waals surface area (Å²) in [4.78, 5) is 13.5. The Labute approximate surface area is 114 Å². The Kier molecular flexibility index (Phi) is 3.78. The maximum atomic E-state index is 12.6. The number of piperazine rings is 1. The molecule has 0 aromatic heterocycles. The molecule has 2 rings (SSSR count). The van der Waals surface area contributed by atoms with Crippen molar-refractivity contribution in [3.8, 4) is 0 Å². The molecule has 110 valence electrons. The summed E-state index contributed by atoms with van der Waals surface area (Å²) >= 11 is 0. The Balaban J connectivity index is 2.35. The Hall–Kier alpha value is -1.92. The molecule has 1 aromatic carbocycles. The number of alkyl halides is 3. The van der Waals surface area contributed by atoms with Crippen LogP contribution in [0.25, 0.3) is 0 Å². The van der Waals surface area contributed by atoms with Crippen LogP contribution in [0.4, 0.5) is 24.5 Å². The molecular formula is C13H16F3N3O. The number of carbonyl (C=O) groups is 1. The van der Waals surface area contributed by atoms with Gasteiger partial charge in [-0.1, -0.05) is 6.92 Å². The van der Waals surface area contributed by atoms with Crippen LogP contribution in [-0.4, -0.2) is 25.0 Å². The molecule has 7 heteroatoms. The number of nitrogens with one attached hydrogen (secondary N) is 1. The summed E-state index contributed by atoms with van der Waals surface area (Å²) in [6.07, 6.45) is -3.86. The molecule has 1 aromatic rings. The van der Waals surface area contributed by atoms with E-state index < -0.39 is 17.8 Å². The van der Waals surface area contributed by atoms with Gasteiger partial charge in [0.05, 0.1) is 16.9 Å². The number of carbonyl (C=O) groups excluding carboxylic acids is 1. The van der Waals surface area contributed by atoms with Gasteiger partial charge in [-0.15, -0.1) is 0 Å². The standard InChI is InChI=1S/C13H16F3N3O/c1-2-10-12(20)18-5-6-19(10)11-4-3-8(7-9(11)17)13(14,15)16/h3-4,7,10H,2,5-6,17H2,1H3,(H,18,20). The summed E-state index contributed by atoms with van der Waals surface area (Å²) in [5, 5.41) is 2.74. The van der Waals surface area contributed by atoms with Crippen molar-refractivity contribution in [1.29, 1.82) is 0 Å². The number of nitrogens with two attached hydrogens (primary N) is 1. The largest absolute Gasteiger partial charge is 0.416 e. The Morgan fingerprint density at radius 2 is 2.15 bits per heavy atom. The minimum absolute atomic E-state index is 0.0352. The van der Waals surface area contributed by atoms with Crippen molar-refractivity contribution in [3.05, 3.63) is 23.8 Å². The average Bonchev–Trinajstić information content (AvgIpc) is 2.37. The highest BCUT2D eigenvalue weighted by Gasteiger charge is 2.33. The summed E-state index contributed by atoms with van der Waals surface area (Å²) in [6, 6.07) is 2.83. The van der Waals surface area contributed by atoms with Crippen LogP contribution in [0, 0.1) is 0 Å². The molecular weight excluding hydrogens is 271 g/mol. The lowest BCUT2D eigenvalue weighted by molar-refractivity contribution is -0.137. The van der Waals surface area contributed by atoms with Crippen LogP contribution in [0.3, 0.4) is 0 Å². The van der Waals surface area contributed by atoms with Gasteiger partial charge in [-0.3, -0.25) is 4.79 Å². The molecule has 20 heavy (non-hydrogen) atoms. The second kappa shape index (κ2) is 5.22. The number of nitrogen functional groups attached to an aromatic ring is 1. The van der Waals surface area contributed by atoms with E-state index in [0.29, 0.717) is 25.2 Å². The maximum Gasteiger partial charge on any atom is 0.416 e. The third kappa shape index (κ3) is 2.66. The summed E-state index contributed by atoms with van der Waals surface area (Å²) in [7, 11) is 0. The quantitative estimate of drug-likeness (QED) is 0.818. The molecule has 0 aliphatic carbocycles. The van der Waals surface area contributed by atoms with Gasteiger partial charge in [-0.2, -0.15) is 13.2 Å². The smallest absolute Gasteiger partial charge is 0.397 e. The molecule has 3 N–H and O–H groups in total. The van der Waals surface area contributed by atoms with Crippen LogP contribution in [0.1, 0.15) is 18.9 Å². The summed E-state index contributed by atoms with van der Waals surface area (Å²) < 4.78 is 37.8. The molecule has 1 atom stereocenters. The van der Waals surface area contributed by atoms with Gasteiger partial charge in [0.25, 0.3) is 0 Å². The summed E-state index contributed by atoms with van der Waals surface area (Å²) in [5.41, 5.74) is 5.46. The minimum Gasteiger partial charge on any atom is -0.397 e. The Bertz CT molecular complexity index is 516. The van der Waals surface area contributed by atoms with E-state index in [-0.39, 0.29) is 11.6 Å². The Morgan fingerprint density at radius 1 is 1.45 bits per heavy atom. The average molecular weight is 287 g/mol. The third-order valence-electron chi connectivity index (χ3n) is 3.38. The third-order valence-corrected chi connectivity index (χ3v) is 3.38. The molecule has 1 heterocycles. The van der Waals surface area contributed by atoms with Crippen LogP contribution >= 0.6 is 0 Å². The normalized spacial score (nSPS) is 19.9. The molecule has 1 aliphatic rings. The predicted molar refractivity (Wildman–Crippen MR) is 70.3 cm³/mol. The first kappa shape index (κ1) is 14.5. The molecule has 0 saturated carbocycles. The molecule has 1 fully saturated rings. The van der Waals surface area contributed by atoms with Crippen molar-refractivity contribution in [2.45, 2.75) is 25.6 Å². The number of halogens is 3. The van der Waals surface area contributed by atoms with Crippen LogP contribution in [0.15, 0.2) is 18.2 Å². The van der Waals surface area contributed by atoms with Gasteiger partial charge >= 0.3 is 6.18 Å². The highest BCUT2D eigenvalue weighted by Crippen LogP contribution is 2.35. The zero-order valence-electron chi connectivity index (χ0n) is 11.0. The topological polar surface area (TPSA) is 58.4 Å². The number of hydrogen-bond donors (Lipinski definition) is 2. The van der Waals surface area contributed by atoms with Gasteiger partial charge in [-0.05, 0) is 24.6 Å². The molecule has 1 unspecified atom stereocenters. The van der Waals surface area contributed by atoms with Gasteiger partial charge in [0, 0.05) is 13.1 Å². The van der Waals surface area contributed by atoms with Gasteiger partial charge in [0.1, 0.15) is 6.04 Å². The molecule has 1 saturated heterocycles. The van der Waals surface area contributed by atoms with Gasteiger partial charge in [0.2, 0.25) is 5.91 Å². The molecule has 0 spiro atoms. The van der Waals surface area contributed by atoms with Crippen LogP contribution in [0.2, 0.25) is 0 Å². The fraction of sp³-hybridized carbons (Fsp3) is 0.462. The fourth-order valence-corrected chi connectivity index (χ4v) is 2.40. The van der Waals surface area contributed by atoms with Crippen molar-refractivity contribution in [2.75, 3.05) is 23.7 Å². The monoisotopic (exact) mass is 287 g/mol. The van der Waals surface area contributed by atoms with Crippen LogP contribution in [-0.2, 0) is 11.0 Å². The Morgan fingerprint density at radius 3 is 2.70 bits per heavy atom. The number of nitrogens with zero attached hydrogens (tertiary/aromatic N) is 1. The lowest BCUT2D eigenvalue weighted by Crippen LogP contribution is -2.55. The van der Waals surface area contributed by atoms with E-state index in [1.165, 1.54) is 6.07 Å². The molecule has 1 aliphatic heterocycles. The predicted octanol–water partition coefficient (Wildman–Crippen LogP) is 2.00. The van der Waals surface area contributed by atoms with E-state index >= 15 is 0 Å². The van der Waals surface area contributed by atoms with Crippen molar-refractivity contribution in [3.63, 3.8) is 0 Å². The van der Waals surface area contributed by atoms with Crippen molar-refractivity contribution in [2.24, 2.45) is 0 Å². The zero-order chi connectivity index (χ0) is 14.9. The molecule has 0 bridgehead atoms. The molecule has 1 amide bonds. The summed E-state index contributed by atoms with van der Waals surface area (Å²) in [6.45, 7) is 2.83. The van der Waals surface area contributed by atoms with Crippen LogP contribution in [0.5, 0.6) is 0 Å². The first-order valence-corrected chi connectivity index (χ1v) is 6.35. The first-order valence-electron chi connectivity index (χ1n) is 6.35. The zero-order valence-corrected chi connectivity index (χ0v) is 11.0. The highest BCUT2D eigenvalue weighted by molar-refractivity contribution is 5.88. The second-order valence-electron chi connectivity index (χ2n) is 4.68. The van der Waals surface area contributed by atoms with E-state index in [9.17, 15) is 18.0 Å². The number of amides is 1. The fourth-order valence-electron chi connectivity index (χ4n) is 2.40. The van der Waals surface area contributed by atoms with Gasteiger partial charge in [0.15, 0.2) is 0 Å².